The van der Waals surface area contributed by atoms with E-state index in [0.717, 1.165) is 5.76 Å². The highest BCUT2D eigenvalue weighted by molar-refractivity contribution is 8.03. The molecule has 0 spiro atoms. The summed E-state index contributed by atoms with van der Waals surface area (Å²) >= 11 is 1.47. The molecule has 0 radical (unpaired) electrons. The number of nitrogens with zero attached hydrogens (tertiary/aromatic N) is 3. The average molecular weight is 369 g/mol. The van der Waals surface area contributed by atoms with Gasteiger partial charge in [-0.1, -0.05) is 23.9 Å². The molecule has 1 amide bonds. The smallest absolute Gasteiger partial charge is 0.229 e. The third kappa shape index (κ3) is 3.14. The number of carbonyl (C=O) groups is 1. The van der Waals surface area contributed by atoms with Crippen LogP contribution >= 0.6 is 11.8 Å². The van der Waals surface area contributed by atoms with Crippen molar-refractivity contribution < 1.29 is 13.6 Å². The van der Waals surface area contributed by atoms with Crippen molar-refractivity contribution in [1.82, 2.24) is 9.80 Å². The standard InChI is InChI=1S/C19H16FN3O2S/c20-14-4-1-3-13(7-14)16-8-18(24)23-11-22(10-15-5-2-6-25-15)12-26-19(23)17(16)9-21/h1-7,16H,8,10-12H2/t16-/m1/s1. The Morgan fingerprint density at radius 3 is 2.96 bits per heavy atom. The zero-order chi connectivity index (χ0) is 18.1. The number of nitriles is 1. The number of benzene rings is 1. The minimum atomic E-state index is -0.390. The van der Waals surface area contributed by atoms with E-state index in [-0.39, 0.29) is 18.1 Å². The Bertz CT molecular complexity index is 904. The van der Waals surface area contributed by atoms with Gasteiger partial charge in [0, 0.05) is 12.3 Å². The minimum absolute atomic E-state index is 0.0510. The van der Waals surface area contributed by atoms with Crippen molar-refractivity contribution in [3.8, 4) is 6.07 Å². The van der Waals surface area contributed by atoms with E-state index in [4.69, 9.17) is 4.42 Å². The Hall–Kier alpha value is -2.56. The number of fused-ring (bicyclic) bond motifs is 1. The number of furan rings is 1. The first-order valence-corrected chi connectivity index (χ1v) is 9.22. The van der Waals surface area contributed by atoms with Crippen LogP contribution in [0.3, 0.4) is 0 Å². The van der Waals surface area contributed by atoms with Gasteiger partial charge in [0.2, 0.25) is 5.91 Å². The fourth-order valence-corrected chi connectivity index (χ4v) is 4.48. The van der Waals surface area contributed by atoms with Crippen LogP contribution in [-0.2, 0) is 11.3 Å². The highest BCUT2D eigenvalue weighted by atomic mass is 32.2. The van der Waals surface area contributed by atoms with Crippen LogP contribution in [0.5, 0.6) is 0 Å². The molecule has 26 heavy (non-hydrogen) atoms. The lowest BCUT2D eigenvalue weighted by atomic mass is 9.86. The van der Waals surface area contributed by atoms with Gasteiger partial charge in [0.05, 0.1) is 42.0 Å². The lowest BCUT2D eigenvalue weighted by Gasteiger charge is -2.41. The number of hydrogen-bond acceptors (Lipinski definition) is 5. The summed E-state index contributed by atoms with van der Waals surface area (Å²) in [6.07, 6.45) is 1.80. The van der Waals surface area contributed by atoms with Gasteiger partial charge in [-0.05, 0) is 29.8 Å². The fourth-order valence-electron chi connectivity index (χ4n) is 3.34. The molecule has 7 heteroatoms. The van der Waals surface area contributed by atoms with Crippen molar-refractivity contribution >= 4 is 17.7 Å². The van der Waals surface area contributed by atoms with Crippen LogP contribution in [0.25, 0.3) is 0 Å². The van der Waals surface area contributed by atoms with Crippen LogP contribution in [0.2, 0.25) is 0 Å². The largest absolute Gasteiger partial charge is 0.468 e. The van der Waals surface area contributed by atoms with Crippen molar-refractivity contribution in [3.05, 3.63) is 70.4 Å². The summed E-state index contributed by atoms with van der Waals surface area (Å²) in [6.45, 7) is 1.02. The minimum Gasteiger partial charge on any atom is -0.468 e. The van der Waals surface area contributed by atoms with Crippen LogP contribution < -0.4 is 0 Å². The van der Waals surface area contributed by atoms with Crippen molar-refractivity contribution in [1.29, 1.82) is 5.26 Å². The molecule has 0 bridgehead atoms. The number of rotatable bonds is 3. The Balaban J connectivity index is 1.62. The molecule has 1 aromatic carbocycles. The lowest BCUT2D eigenvalue weighted by molar-refractivity contribution is -0.132. The molecule has 2 aromatic rings. The highest BCUT2D eigenvalue weighted by Gasteiger charge is 2.38. The predicted molar refractivity (Wildman–Crippen MR) is 94.8 cm³/mol. The second-order valence-corrected chi connectivity index (χ2v) is 7.22. The second-order valence-electron chi connectivity index (χ2n) is 6.29. The number of allylic oxidation sites excluding steroid dienone is 1. The third-order valence-corrected chi connectivity index (χ3v) is 5.77. The van der Waals surface area contributed by atoms with Crippen LogP contribution in [0.15, 0.2) is 57.7 Å². The van der Waals surface area contributed by atoms with E-state index in [9.17, 15) is 14.4 Å². The molecule has 1 atom stereocenters. The monoisotopic (exact) mass is 369 g/mol. The zero-order valence-electron chi connectivity index (χ0n) is 13.9. The maximum absolute atomic E-state index is 13.6. The summed E-state index contributed by atoms with van der Waals surface area (Å²) in [5.74, 6) is 0.686. The molecule has 0 saturated carbocycles. The molecule has 3 heterocycles. The first-order chi connectivity index (χ1) is 12.7. The van der Waals surface area contributed by atoms with E-state index >= 15 is 0 Å². The van der Waals surface area contributed by atoms with Gasteiger partial charge < -0.3 is 4.42 Å². The molecule has 0 unspecified atom stereocenters. The van der Waals surface area contributed by atoms with Gasteiger partial charge in [-0.15, -0.1) is 0 Å². The van der Waals surface area contributed by atoms with E-state index in [1.54, 1.807) is 23.3 Å². The maximum atomic E-state index is 13.6. The zero-order valence-corrected chi connectivity index (χ0v) is 14.7. The average Bonchev–Trinajstić information content (AvgIpc) is 3.15. The number of carbonyl (C=O) groups excluding carboxylic acids is 1. The molecule has 0 N–H and O–H groups in total. The first-order valence-electron chi connectivity index (χ1n) is 8.23. The molecule has 1 saturated heterocycles. The molecule has 0 aliphatic carbocycles. The van der Waals surface area contributed by atoms with E-state index in [2.05, 4.69) is 11.0 Å². The normalized spacial score (nSPS) is 20.8. The number of halogens is 1. The summed E-state index contributed by atoms with van der Waals surface area (Å²) in [5, 5.41) is 10.4. The van der Waals surface area contributed by atoms with E-state index in [1.807, 2.05) is 12.1 Å². The van der Waals surface area contributed by atoms with E-state index in [1.165, 1.54) is 23.9 Å². The van der Waals surface area contributed by atoms with Gasteiger partial charge in [-0.3, -0.25) is 14.6 Å². The topological polar surface area (TPSA) is 60.5 Å². The number of amides is 1. The number of hydrogen-bond donors (Lipinski definition) is 0. The van der Waals surface area contributed by atoms with Gasteiger partial charge in [-0.2, -0.15) is 5.26 Å². The molecule has 4 rings (SSSR count). The van der Waals surface area contributed by atoms with E-state index in [0.29, 0.717) is 35.3 Å². The Morgan fingerprint density at radius 1 is 1.35 bits per heavy atom. The second kappa shape index (κ2) is 6.98. The molecule has 132 valence electrons. The first kappa shape index (κ1) is 16.9. The SMILES string of the molecule is N#CC1=C2SCN(Cc3ccco3)CN2C(=O)C[C@@H]1c1cccc(F)c1. The summed E-state index contributed by atoms with van der Waals surface area (Å²) in [6, 6.07) is 12.1. The van der Waals surface area contributed by atoms with Gasteiger partial charge in [-0.25, -0.2) is 4.39 Å². The summed E-state index contributed by atoms with van der Waals surface area (Å²) < 4.78 is 19.0. The van der Waals surface area contributed by atoms with Crippen LogP contribution in [-0.4, -0.2) is 28.3 Å². The molecule has 1 aromatic heterocycles. The van der Waals surface area contributed by atoms with E-state index < -0.39 is 5.92 Å². The van der Waals surface area contributed by atoms with Crippen molar-refractivity contribution in [3.63, 3.8) is 0 Å². The van der Waals surface area contributed by atoms with Crippen LogP contribution in [0, 0.1) is 17.1 Å². The fraction of sp³-hybridized carbons (Fsp3) is 0.263. The molecule has 2 aliphatic rings. The molecular weight excluding hydrogens is 353 g/mol. The Labute approximate surface area is 154 Å². The molecular formula is C19H16FN3O2S. The highest BCUT2D eigenvalue weighted by Crippen LogP contribution is 2.42. The van der Waals surface area contributed by atoms with Crippen molar-refractivity contribution in [2.75, 3.05) is 12.5 Å². The van der Waals surface area contributed by atoms with Gasteiger partial charge >= 0.3 is 0 Å². The molecule has 5 nitrogen and oxygen atoms in total. The maximum Gasteiger partial charge on any atom is 0.229 e. The van der Waals surface area contributed by atoms with Gasteiger partial charge in [0.25, 0.3) is 0 Å². The number of thioether (sulfide) groups is 1. The summed E-state index contributed by atoms with van der Waals surface area (Å²) in [7, 11) is 0. The molecule has 2 aliphatic heterocycles. The quantitative estimate of drug-likeness (QED) is 0.827. The van der Waals surface area contributed by atoms with Crippen LogP contribution in [0.1, 0.15) is 23.7 Å². The lowest BCUT2D eigenvalue weighted by Crippen LogP contribution is -2.46. The Morgan fingerprint density at radius 2 is 2.23 bits per heavy atom. The Kier molecular flexibility index (Phi) is 4.53. The molecule has 1 fully saturated rings. The van der Waals surface area contributed by atoms with Gasteiger partial charge in [0.1, 0.15) is 11.6 Å². The van der Waals surface area contributed by atoms with Crippen molar-refractivity contribution in [2.24, 2.45) is 0 Å². The summed E-state index contributed by atoms with van der Waals surface area (Å²) in [5.41, 5.74) is 1.21. The van der Waals surface area contributed by atoms with Gasteiger partial charge in [0.15, 0.2) is 0 Å². The third-order valence-electron chi connectivity index (χ3n) is 4.56. The summed E-state index contributed by atoms with van der Waals surface area (Å²) in [4.78, 5) is 16.5. The predicted octanol–water partition coefficient (Wildman–Crippen LogP) is 3.63. The van der Waals surface area contributed by atoms with Crippen molar-refractivity contribution in [2.45, 2.75) is 18.9 Å². The van der Waals surface area contributed by atoms with Crippen LogP contribution in [0.4, 0.5) is 4.39 Å².